The average molecular weight is 297 g/mol. The molecule has 0 aliphatic heterocycles. The number of rotatable bonds is 7. The van der Waals surface area contributed by atoms with Crippen LogP contribution in [0.25, 0.3) is 0 Å². The standard InChI is InChI=1S/C14H23N3O2S/c1-5-15-13-9-12(8-11(3)16-13)14(18)17-10(2)6-7-20(4)19/h8-10H,5-7H2,1-4H3,(H,15,16)(H,17,18). The van der Waals surface area contributed by atoms with Gasteiger partial charge in [-0.2, -0.15) is 0 Å². The van der Waals surface area contributed by atoms with Gasteiger partial charge in [-0.1, -0.05) is 0 Å². The second-order valence-electron chi connectivity index (χ2n) is 4.85. The second-order valence-corrected chi connectivity index (χ2v) is 6.41. The zero-order valence-corrected chi connectivity index (χ0v) is 13.3. The number of aromatic nitrogens is 1. The van der Waals surface area contributed by atoms with Crippen LogP contribution in [0.5, 0.6) is 0 Å². The summed E-state index contributed by atoms with van der Waals surface area (Å²) in [5, 5.41) is 6.02. The quantitative estimate of drug-likeness (QED) is 0.804. The van der Waals surface area contributed by atoms with E-state index in [-0.39, 0.29) is 11.9 Å². The van der Waals surface area contributed by atoms with Gasteiger partial charge in [0.05, 0.1) is 0 Å². The first-order chi connectivity index (χ1) is 9.42. The smallest absolute Gasteiger partial charge is 0.251 e. The largest absolute Gasteiger partial charge is 0.370 e. The molecule has 0 fully saturated rings. The Kier molecular flexibility index (Phi) is 6.64. The van der Waals surface area contributed by atoms with Crippen molar-refractivity contribution in [2.45, 2.75) is 33.2 Å². The van der Waals surface area contributed by atoms with Crippen molar-refractivity contribution in [1.82, 2.24) is 10.3 Å². The van der Waals surface area contributed by atoms with E-state index in [1.54, 1.807) is 18.4 Å². The first kappa shape index (κ1) is 16.6. The molecule has 0 saturated carbocycles. The van der Waals surface area contributed by atoms with Crippen molar-refractivity contribution < 1.29 is 9.00 Å². The molecular weight excluding hydrogens is 274 g/mol. The number of hydrogen-bond donors (Lipinski definition) is 2. The molecular formula is C14H23N3O2S. The van der Waals surface area contributed by atoms with Crippen LogP contribution in [0, 0.1) is 6.92 Å². The van der Waals surface area contributed by atoms with Gasteiger partial charge in [-0.05, 0) is 39.3 Å². The third kappa shape index (κ3) is 5.69. The van der Waals surface area contributed by atoms with E-state index in [2.05, 4.69) is 15.6 Å². The number of aryl methyl sites for hydroxylation is 1. The third-order valence-corrected chi connectivity index (χ3v) is 3.60. The minimum absolute atomic E-state index is 0.00227. The number of carbonyl (C=O) groups excluding carboxylic acids is 1. The summed E-state index contributed by atoms with van der Waals surface area (Å²) in [6.45, 7) is 6.53. The summed E-state index contributed by atoms with van der Waals surface area (Å²) in [5.74, 6) is 1.18. The van der Waals surface area contributed by atoms with Crippen molar-refractivity contribution >= 4 is 22.5 Å². The monoisotopic (exact) mass is 297 g/mol. The molecule has 2 atom stereocenters. The first-order valence-corrected chi connectivity index (χ1v) is 8.48. The highest BCUT2D eigenvalue weighted by molar-refractivity contribution is 7.84. The van der Waals surface area contributed by atoms with Gasteiger partial charge in [0.2, 0.25) is 0 Å². The number of nitrogens with one attached hydrogen (secondary N) is 2. The van der Waals surface area contributed by atoms with E-state index in [1.807, 2.05) is 20.8 Å². The van der Waals surface area contributed by atoms with Gasteiger partial charge in [-0.15, -0.1) is 0 Å². The number of nitrogens with zero attached hydrogens (tertiary/aromatic N) is 1. The maximum atomic E-state index is 12.2. The van der Waals surface area contributed by atoms with E-state index < -0.39 is 10.8 Å². The van der Waals surface area contributed by atoms with Crippen LogP contribution in [0.3, 0.4) is 0 Å². The fourth-order valence-electron chi connectivity index (χ4n) is 1.79. The number of anilines is 1. The summed E-state index contributed by atoms with van der Waals surface area (Å²) in [4.78, 5) is 16.5. The molecule has 1 heterocycles. The summed E-state index contributed by atoms with van der Waals surface area (Å²) in [5.41, 5.74) is 1.40. The Morgan fingerprint density at radius 3 is 2.75 bits per heavy atom. The zero-order chi connectivity index (χ0) is 15.1. The maximum absolute atomic E-state index is 12.2. The lowest BCUT2D eigenvalue weighted by atomic mass is 10.2. The van der Waals surface area contributed by atoms with Gasteiger partial charge in [0.25, 0.3) is 5.91 Å². The van der Waals surface area contributed by atoms with Gasteiger partial charge in [0.1, 0.15) is 5.82 Å². The molecule has 0 aromatic carbocycles. The van der Waals surface area contributed by atoms with Crippen LogP contribution >= 0.6 is 0 Å². The molecule has 2 unspecified atom stereocenters. The highest BCUT2D eigenvalue weighted by atomic mass is 32.2. The molecule has 5 nitrogen and oxygen atoms in total. The van der Waals surface area contributed by atoms with E-state index >= 15 is 0 Å². The Hall–Kier alpha value is -1.43. The summed E-state index contributed by atoms with van der Waals surface area (Å²) < 4.78 is 11.0. The van der Waals surface area contributed by atoms with Crippen LogP contribution in [0.4, 0.5) is 5.82 Å². The fraction of sp³-hybridized carbons (Fsp3) is 0.571. The Morgan fingerprint density at radius 1 is 1.45 bits per heavy atom. The van der Waals surface area contributed by atoms with Crippen LogP contribution in [0.15, 0.2) is 12.1 Å². The minimum atomic E-state index is -0.827. The van der Waals surface area contributed by atoms with Crippen LogP contribution in [0.2, 0.25) is 0 Å². The molecule has 6 heteroatoms. The van der Waals surface area contributed by atoms with Crippen LogP contribution < -0.4 is 10.6 Å². The molecule has 0 bridgehead atoms. The molecule has 0 aliphatic carbocycles. The molecule has 1 amide bonds. The molecule has 112 valence electrons. The number of hydrogen-bond acceptors (Lipinski definition) is 4. The molecule has 2 N–H and O–H groups in total. The van der Waals surface area contributed by atoms with Crippen molar-refractivity contribution in [3.05, 3.63) is 23.4 Å². The van der Waals surface area contributed by atoms with Gasteiger partial charge >= 0.3 is 0 Å². The number of pyridine rings is 1. The van der Waals surface area contributed by atoms with E-state index in [0.29, 0.717) is 23.6 Å². The van der Waals surface area contributed by atoms with Gasteiger partial charge < -0.3 is 10.6 Å². The van der Waals surface area contributed by atoms with E-state index in [0.717, 1.165) is 12.2 Å². The molecule has 0 aliphatic rings. The van der Waals surface area contributed by atoms with Gasteiger partial charge in [0.15, 0.2) is 0 Å². The zero-order valence-electron chi connectivity index (χ0n) is 12.5. The molecule has 0 spiro atoms. The van der Waals surface area contributed by atoms with Crippen LogP contribution in [-0.4, -0.2) is 39.7 Å². The van der Waals surface area contributed by atoms with E-state index in [4.69, 9.17) is 0 Å². The van der Waals surface area contributed by atoms with Crippen molar-refractivity contribution in [3.8, 4) is 0 Å². The first-order valence-electron chi connectivity index (χ1n) is 6.75. The van der Waals surface area contributed by atoms with Crippen LogP contribution in [0.1, 0.15) is 36.3 Å². The summed E-state index contributed by atoms with van der Waals surface area (Å²) >= 11 is 0. The molecule has 1 aromatic heterocycles. The molecule has 0 radical (unpaired) electrons. The lowest BCUT2D eigenvalue weighted by Crippen LogP contribution is -2.33. The van der Waals surface area contributed by atoms with E-state index in [9.17, 15) is 9.00 Å². The summed E-state index contributed by atoms with van der Waals surface area (Å²) in [6.07, 6.45) is 2.38. The van der Waals surface area contributed by atoms with Crippen LogP contribution in [-0.2, 0) is 10.8 Å². The van der Waals surface area contributed by atoms with E-state index in [1.165, 1.54) is 0 Å². The molecule has 0 saturated heterocycles. The third-order valence-electron chi connectivity index (χ3n) is 2.79. The number of carbonyl (C=O) groups is 1. The van der Waals surface area contributed by atoms with Gasteiger partial charge in [0, 0.05) is 46.7 Å². The minimum Gasteiger partial charge on any atom is -0.370 e. The Morgan fingerprint density at radius 2 is 2.15 bits per heavy atom. The SMILES string of the molecule is CCNc1cc(C(=O)NC(C)CCS(C)=O)cc(C)n1. The molecule has 1 aromatic rings. The Bertz CT molecular complexity index is 491. The predicted octanol–water partition coefficient (Wildman–Crippen LogP) is 1.71. The van der Waals surface area contributed by atoms with Crippen molar-refractivity contribution in [3.63, 3.8) is 0 Å². The summed E-state index contributed by atoms with van der Waals surface area (Å²) in [7, 11) is -0.827. The lowest BCUT2D eigenvalue weighted by molar-refractivity contribution is 0.0939. The van der Waals surface area contributed by atoms with Crippen molar-refractivity contribution in [2.75, 3.05) is 23.9 Å². The van der Waals surface area contributed by atoms with Gasteiger partial charge in [-0.3, -0.25) is 9.00 Å². The maximum Gasteiger partial charge on any atom is 0.251 e. The lowest BCUT2D eigenvalue weighted by Gasteiger charge is -2.14. The van der Waals surface area contributed by atoms with Gasteiger partial charge in [-0.25, -0.2) is 4.98 Å². The normalized spacial score (nSPS) is 13.6. The predicted molar refractivity (Wildman–Crippen MR) is 83.6 cm³/mol. The van der Waals surface area contributed by atoms with Crippen molar-refractivity contribution in [2.24, 2.45) is 0 Å². The molecule has 20 heavy (non-hydrogen) atoms. The second kappa shape index (κ2) is 7.99. The topological polar surface area (TPSA) is 71.1 Å². The Labute approximate surface area is 123 Å². The number of amides is 1. The van der Waals surface area contributed by atoms with Crippen molar-refractivity contribution in [1.29, 1.82) is 0 Å². The molecule has 1 rings (SSSR count). The summed E-state index contributed by atoms with van der Waals surface area (Å²) in [6, 6.07) is 3.51. The average Bonchev–Trinajstić information content (AvgIpc) is 2.36. The Balaban J connectivity index is 2.69. The fourth-order valence-corrected chi connectivity index (χ4v) is 2.48. The highest BCUT2D eigenvalue weighted by Crippen LogP contribution is 2.10. The highest BCUT2D eigenvalue weighted by Gasteiger charge is 2.12.